The molecule has 5 rings (SSSR count). The van der Waals surface area contributed by atoms with E-state index in [1.807, 2.05) is 36.4 Å². The first-order valence-corrected chi connectivity index (χ1v) is 11.2. The summed E-state index contributed by atoms with van der Waals surface area (Å²) in [6.07, 6.45) is 1.93. The Bertz CT molecular complexity index is 1320. The third-order valence-corrected chi connectivity index (χ3v) is 5.96. The lowest BCUT2D eigenvalue weighted by molar-refractivity contribution is 0.121. The number of carbonyl (C=O) groups is 1. The van der Waals surface area contributed by atoms with Crippen LogP contribution in [-0.2, 0) is 4.74 Å². The normalized spacial score (nSPS) is 14.0. The van der Waals surface area contributed by atoms with Crippen molar-refractivity contribution in [3.63, 3.8) is 0 Å². The van der Waals surface area contributed by atoms with Gasteiger partial charge in [-0.2, -0.15) is 5.10 Å². The Morgan fingerprint density at radius 1 is 1.03 bits per heavy atom. The van der Waals surface area contributed by atoms with E-state index in [-0.39, 0.29) is 11.6 Å². The van der Waals surface area contributed by atoms with Crippen LogP contribution in [0.5, 0.6) is 0 Å². The predicted molar refractivity (Wildman–Crippen MR) is 126 cm³/mol. The molecule has 0 radical (unpaired) electrons. The smallest absolute Gasteiger partial charge is 0.413 e. The van der Waals surface area contributed by atoms with Gasteiger partial charge in [-0.25, -0.2) is 18.3 Å². The lowest BCUT2D eigenvalue weighted by Crippen LogP contribution is -2.19. The zero-order chi connectivity index (χ0) is 23.7. The zero-order valence-electron chi connectivity index (χ0n) is 18.5. The standard InChI is InChI=1S/C27H23F2N3O2/c1-17(18-5-3-2-4-6-18)34-27(33)31-26-25(29)16-30-32(26)22-12-9-20(10-13-22)23-14-11-21(15-24(23)28)19-7-8-19/h2-6,9-17,19H,7-8H2,1H3,(H,31,33). The molecule has 172 valence electrons. The largest absolute Gasteiger partial charge is 0.441 e. The van der Waals surface area contributed by atoms with Crippen molar-refractivity contribution in [3.05, 3.63) is 102 Å². The van der Waals surface area contributed by atoms with Crippen molar-refractivity contribution in [3.8, 4) is 16.8 Å². The molecule has 1 N–H and O–H groups in total. The number of nitrogens with one attached hydrogen (secondary N) is 1. The molecule has 0 aliphatic heterocycles. The maximum Gasteiger partial charge on any atom is 0.413 e. The third-order valence-electron chi connectivity index (χ3n) is 5.96. The minimum atomic E-state index is -0.800. The van der Waals surface area contributed by atoms with E-state index in [2.05, 4.69) is 10.4 Å². The number of halogens is 2. The van der Waals surface area contributed by atoms with Gasteiger partial charge in [0.25, 0.3) is 0 Å². The van der Waals surface area contributed by atoms with Crippen LogP contribution < -0.4 is 5.32 Å². The highest BCUT2D eigenvalue weighted by molar-refractivity contribution is 5.84. The molecule has 0 saturated heterocycles. The topological polar surface area (TPSA) is 56.1 Å². The second kappa shape index (κ2) is 9.09. The summed E-state index contributed by atoms with van der Waals surface area (Å²) in [5.74, 6) is -0.623. The fourth-order valence-corrected chi connectivity index (χ4v) is 3.93. The van der Waals surface area contributed by atoms with Crippen LogP contribution >= 0.6 is 0 Å². The number of carbonyl (C=O) groups excluding carboxylic acids is 1. The molecule has 1 unspecified atom stereocenters. The number of aromatic nitrogens is 2. The highest BCUT2D eigenvalue weighted by atomic mass is 19.1. The number of ether oxygens (including phenoxy) is 1. The van der Waals surface area contributed by atoms with Crippen LogP contribution in [0.25, 0.3) is 16.8 Å². The number of hydrogen-bond donors (Lipinski definition) is 1. The Balaban J connectivity index is 1.32. The number of benzene rings is 3. The molecule has 1 fully saturated rings. The van der Waals surface area contributed by atoms with E-state index >= 15 is 0 Å². The number of hydrogen-bond acceptors (Lipinski definition) is 3. The Morgan fingerprint density at radius 3 is 2.44 bits per heavy atom. The first kappa shape index (κ1) is 21.8. The van der Waals surface area contributed by atoms with E-state index < -0.39 is 18.0 Å². The molecule has 1 amide bonds. The quantitative estimate of drug-likeness (QED) is 0.338. The van der Waals surface area contributed by atoms with Crippen LogP contribution in [0.15, 0.2) is 79.0 Å². The van der Waals surface area contributed by atoms with Gasteiger partial charge < -0.3 is 4.74 Å². The van der Waals surface area contributed by atoms with Crippen molar-refractivity contribution in [1.82, 2.24) is 9.78 Å². The van der Waals surface area contributed by atoms with Gasteiger partial charge in [0.1, 0.15) is 11.9 Å². The molecule has 7 heteroatoms. The number of amides is 1. The molecular weight excluding hydrogens is 436 g/mol. The van der Waals surface area contributed by atoms with Gasteiger partial charge in [-0.3, -0.25) is 5.32 Å². The minimum Gasteiger partial charge on any atom is -0.441 e. The van der Waals surface area contributed by atoms with Gasteiger partial charge in [-0.15, -0.1) is 0 Å². The highest BCUT2D eigenvalue weighted by Gasteiger charge is 2.24. The zero-order valence-corrected chi connectivity index (χ0v) is 18.5. The van der Waals surface area contributed by atoms with Crippen molar-refractivity contribution in [2.45, 2.75) is 31.8 Å². The Labute approximate surface area is 196 Å². The molecule has 1 aromatic heterocycles. The average molecular weight is 459 g/mol. The molecule has 4 aromatic rings. The highest BCUT2D eigenvalue weighted by Crippen LogP contribution is 2.41. The van der Waals surface area contributed by atoms with Crippen molar-refractivity contribution < 1.29 is 18.3 Å². The van der Waals surface area contributed by atoms with Crippen LogP contribution in [0.1, 0.15) is 42.9 Å². The fourth-order valence-electron chi connectivity index (χ4n) is 3.93. The molecule has 1 aliphatic rings. The SMILES string of the molecule is CC(OC(=O)Nc1c(F)cnn1-c1ccc(-c2ccc(C3CC3)cc2F)cc1)c1ccccc1. The van der Waals surface area contributed by atoms with Crippen LogP contribution in [0, 0.1) is 11.6 Å². The summed E-state index contributed by atoms with van der Waals surface area (Å²) in [7, 11) is 0. The molecule has 0 bridgehead atoms. The van der Waals surface area contributed by atoms with Gasteiger partial charge in [-0.05, 0) is 60.6 Å². The van der Waals surface area contributed by atoms with Crippen molar-refractivity contribution in [1.29, 1.82) is 0 Å². The summed E-state index contributed by atoms with van der Waals surface area (Å²) in [5.41, 5.74) is 3.56. The third kappa shape index (κ3) is 4.55. The minimum absolute atomic E-state index is 0.141. The Kier molecular flexibility index (Phi) is 5.84. The molecule has 34 heavy (non-hydrogen) atoms. The summed E-state index contributed by atoms with van der Waals surface area (Å²) in [6.45, 7) is 1.73. The Hall–Kier alpha value is -4.00. The first-order valence-electron chi connectivity index (χ1n) is 11.2. The van der Waals surface area contributed by atoms with Gasteiger partial charge in [0.15, 0.2) is 11.6 Å². The van der Waals surface area contributed by atoms with Crippen molar-refractivity contribution in [2.24, 2.45) is 0 Å². The van der Waals surface area contributed by atoms with Gasteiger partial charge in [0.2, 0.25) is 0 Å². The van der Waals surface area contributed by atoms with E-state index in [1.54, 1.807) is 43.3 Å². The van der Waals surface area contributed by atoms with Crippen molar-refractivity contribution in [2.75, 3.05) is 5.32 Å². The second-order valence-electron chi connectivity index (χ2n) is 8.40. The summed E-state index contributed by atoms with van der Waals surface area (Å²) >= 11 is 0. The molecule has 1 atom stereocenters. The number of rotatable bonds is 6. The number of nitrogens with zero attached hydrogens (tertiary/aromatic N) is 2. The molecule has 1 aliphatic carbocycles. The molecular formula is C27H23F2N3O2. The van der Waals surface area contributed by atoms with Gasteiger partial charge in [0.05, 0.1) is 11.9 Å². The molecule has 0 spiro atoms. The Morgan fingerprint density at radius 2 is 1.76 bits per heavy atom. The monoisotopic (exact) mass is 459 g/mol. The lowest BCUT2D eigenvalue weighted by atomic mass is 10.0. The van der Waals surface area contributed by atoms with Crippen LogP contribution in [0.4, 0.5) is 19.4 Å². The van der Waals surface area contributed by atoms with E-state index in [0.717, 1.165) is 30.2 Å². The molecule has 5 nitrogen and oxygen atoms in total. The van der Waals surface area contributed by atoms with Crippen LogP contribution in [-0.4, -0.2) is 15.9 Å². The fraction of sp³-hybridized carbons (Fsp3) is 0.185. The first-order chi connectivity index (χ1) is 16.5. The van der Waals surface area contributed by atoms with Gasteiger partial charge in [-0.1, -0.05) is 54.6 Å². The summed E-state index contributed by atoms with van der Waals surface area (Å²) in [5, 5.41) is 6.47. The van der Waals surface area contributed by atoms with E-state index in [1.165, 1.54) is 4.68 Å². The predicted octanol–water partition coefficient (Wildman–Crippen LogP) is 7.00. The summed E-state index contributed by atoms with van der Waals surface area (Å²) in [6, 6.07) is 21.5. The lowest BCUT2D eigenvalue weighted by Gasteiger charge is -2.15. The summed E-state index contributed by atoms with van der Waals surface area (Å²) in [4.78, 5) is 12.4. The van der Waals surface area contributed by atoms with E-state index in [9.17, 15) is 13.6 Å². The van der Waals surface area contributed by atoms with Gasteiger partial charge in [0, 0.05) is 5.56 Å². The molecule has 1 saturated carbocycles. The van der Waals surface area contributed by atoms with Gasteiger partial charge >= 0.3 is 6.09 Å². The van der Waals surface area contributed by atoms with Crippen molar-refractivity contribution >= 4 is 11.9 Å². The second-order valence-corrected chi connectivity index (χ2v) is 8.40. The number of anilines is 1. The molecule has 1 heterocycles. The maximum atomic E-state index is 14.7. The average Bonchev–Trinajstić information content (AvgIpc) is 3.64. The van der Waals surface area contributed by atoms with Crippen LogP contribution in [0.3, 0.4) is 0 Å². The molecule has 3 aromatic carbocycles. The maximum absolute atomic E-state index is 14.7. The van der Waals surface area contributed by atoms with E-state index in [0.29, 0.717) is 22.7 Å². The van der Waals surface area contributed by atoms with Crippen LogP contribution in [0.2, 0.25) is 0 Å². The summed E-state index contributed by atoms with van der Waals surface area (Å²) < 4.78 is 35.7. The van der Waals surface area contributed by atoms with E-state index in [4.69, 9.17) is 4.74 Å².